The normalized spacial score (nSPS) is 10.7. The maximum atomic E-state index is 14.6. The molecule has 0 spiro atoms. The number of methoxy groups -OCH3 is 1. The molecule has 3 aromatic rings. The highest BCUT2D eigenvalue weighted by atomic mass is 32.2. The molecule has 0 aliphatic rings. The minimum absolute atomic E-state index is 0.0808. The number of ether oxygens (including phenoxy) is 2. The molecule has 1 heterocycles. The van der Waals surface area contributed by atoms with Gasteiger partial charge in [-0.25, -0.2) is 4.39 Å². The van der Waals surface area contributed by atoms with E-state index in [0.717, 1.165) is 25.0 Å². The first-order chi connectivity index (χ1) is 15.6. The van der Waals surface area contributed by atoms with Crippen LogP contribution >= 0.6 is 11.8 Å². The van der Waals surface area contributed by atoms with Crippen molar-refractivity contribution in [3.8, 4) is 17.2 Å². The Bertz CT molecular complexity index is 1010. The molecule has 0 aliphatic heterocycles. The van der Waals surface area contributed by atoms with Crippen LogP contribution in [0.25, 0.3) is 5.69 Å². The zero-order chi connectivity index (χ0) is 22.8. The number of carbonyl (C=O) groups is 1. The van der Waals surface area contributed by atoms with Crippen molar-refractivity contribution in [1.82, 2.24) is 20.1 Å². The molecule has 1 amide bonds. The molecular formula is C23H27FN4O3S. The number of hydrogen-bond acceptors (Lipinski definition) is 6. The van der Waals surface area contributed by atoms with Gasteiger partial charge < -0.3 is 14.8 Å². The number of thioether (sulfide) groups is 1. The fourth-order valence-corrected chi connectivity index (χ4v) is 3.76. The summed E-state index contributed by atoms with van der Waals surface area (Å²) < 4.78 is 27.1. The van der Waals surface area contributed by atoms with Crippen molar-refractivity contribution >= 4 is 17.7 Å². The monoisotopic (exact) mass is 458 g/mol. The van der Waals surface area contributed by atoms with Gasteiger partial charge in [0.1, 0.15) is 23.9 Å². The summed E-state index contributed by atoms with van der Waals surface area (Å²) in [5.74, 6) is 1.43. The maximum absolute atomic E-state index is 14.6. The number of amides is 1. The van der Waals surface area contributed by atoms with Crippen molar-refractivity contribution in [3.63, 3.8) is 0 Å². The third kappa shape index (κ3) is 6.46. The summed E-state index contributed by atoms with van der Waals surface area (Å²) in [6.07, 6.45) is 3.12. The van der Waals surface area contributed by atoms with Crippen LogP contribution in [-0.4, -0.2) is 40.1 Å². The first-order valence-electron chi connectivity index (χ1n) is 10.5. The molecule has 0 unspecified atom stereocenters. The minimum Gasteiger partial charge on any atom is -0.497 e. The molecule has 0 aliphatic carbocycles. The molecule has 2 aromatic carbocycles. The number of carbonyl (C=O) groups excluding carboxylic acids is 1. The van der Waals surface area contributed by atoms with E-state index in [1.165, 1.54) is 17.8 Å². The van der Waals surface area contributed by atoms with Crippen LogP contribution in [0.1, 0.15) is 32.0 Å². The third-order valence-corrected chi connectivity index (χ3v) is 5.58. The van der Waals surface area contributed by atoms with Gasteiger partial charge >= 0.3 is 0 Å². The van der Waals surface area contributed by atoms with Crippen LogP contribution < -0.4 is 14.8 Å². The lowest BCUT2D eigenvalue weighted by Crippen LogP contribution is -2.26. The average Bonchev–Trinajstić information content (AvgIpc) is 3.22. The number of rotatable bonds is 12. The highest BCUT2D eigenvalue weighted by Crippen LogP contribution is 2.25. The molecule has 7 nitrogen and oxygen atoms in total. The molecular weight excluding hydrogens is 431 g/mol. The van der Waals surface area contributed by atoms with Crippen molar-refractivity contribution in [2.75, 3.05) is 19.4 Å². The number of hydrogen-bond donors (Lipinski definition) is 1. The smallest absolute Gasteiger partial charge is 0.230 e. The Kier molecular flexibility index (Phi) is 8.91. The Balaban J connectivity index is 1.73. The Morgan fingerprint density at radius 2 is 1.84 bits per heavy atom. The lowest BCUT2D eigenvalue weighted by atomic mass is 10.2. The summed E-state index contributed by atoms with van der Waals surface area (Å²) in [6, 6.07) is 13.5. The summed E-state index contributed by atoms with van der Waals surface area (Å²) in [4.78, 5) is 12.2. The number of para-hydroxylation sites is 1. The summed E-state index contributed by atoms with van der Waals surface area (Å²) in [7, 11) is 1.59. The fraction of sp³-hybridized carbons (Fsp3) is 0.348. The van der Waals surface area contributed by atoms with E-state index in [1.54, 1.807) is 54.1 Å². The molecule has 1 aromatic heterocycles. The molecule has 170 valence electrons. The van der Waals surface area contributed by atoms with Gasteiger partial charge in [0.25, 0.3) is 0 Å². The molecule has 0 saturated carbocycles. The van der Waals surface area contributed by atoms with Crippen molar-refractivity contribution in [2.24, 2.45) is 0 Å². The third-order valence-electron chi connectivity index (χ3n) is 4.66. The van der Waals surface area contributed by atoms with Crippen molar-refractivity contribution in [2.45, 2.75) is 37.9 Å². The van der Waals surface area contributed by atoms with Gasteiger partial charge in [-0.3, -0.25) is 9.36 Å². The molecule has 0 bridgehead atoms. The van der Waals surface area contributed by atoms with E-state index in [1.807, 2.05) is 0 Å². The minimum atomic E-state index is -0.413. The van der Waals surface area contributed by atoms with Crippen molar-refractivity contribution < 1.29 is 18.7 Å². The predicted molar refractivity (Wildman–Crippen MR) is 122 cm³/mol. The van der Waals surface area contributed by atoms with E-state index >= 15 is 0 Å². The Hall–Kier alpha value is -3.07. The number of unbranched alkanes of at least 4 members (excludes halogenated alkanes) is 2. The number of aromatic nitrogens is 3. The van der Waals surface area contributed by atoms with Crippen LogP contribution in [0.3, 0.4) is 0 Å². The van der Waals surface area contributed by atoms with E-state index in [2.05, 4.69) is 22.4 Å². The zero-order valence-corrected chi connectivity index (χ0v) is 19.0. The zero-order valence-electron chi connectivity index (χ0n) is 18.2. The van der Waals surface area contributed by atoms with Crippen LogP contribution in [0.5, 0.6) is 11.5 Å². The van der Waals surface area contributed by atoms with Crippen LogP contribution in [0, 0.1) is 5.82 Å². The number of nitrogens with one attached hydrogen (secondary N) is 1. The van der Waals surface area contributed by atoms with Gasteiger partial charge in [0, 0.05) is 6.54 Å². The lowest BCUT2D eigenvalue weighted by Gasteiger charge is -2.12. The highest BCUT2D eigenvalue weighted by molar-refractivity contribution is 7.99. The quantitative estimate of drug-likeness (QED) is 0.320. The van der Waals surface area contributed by atoms with E-state index in [-0.39, 0.29) is 18.3 Å². The second kappa shape index (κ2) is 12.1. The first-order valence-corrected chi connectivity index (χ1v) is 11.5. The molecule has 0 fully saturated rings. The number of nitrogens with zero attached hydrogens (tertiary/aromatic N) is 3. The molecule has 32 heavy (non-hydrogen) atoms. The molecule has 3 rings (SSSR count). The standard InChI is InChI=1S/C23H27FN4O3S/c1-3-4-7-14-25-22(29)16-32-23-27-26-21(28(23)20-9-6-5-8-19(20)24)15-31-18-12-10-17(30-2)11-13-18/h5-6,8-13H,3-4,7,14-16H2,1-2H3,(H,25,29). The van der Waals surface area contributed by atoms with E-state index < -0.39 is 5.82 Å². The van der Waals surface area contributed by atoms with Crippen molar-refractivity contribution in [3.05, 3.63) is 60.2 Å². The van der Waals surface area contributed by atoms with Gasteiger partial charge in [0.15, 0.2) is 11.0 Å². The van der Waals surface area contributed by atoms with Gasteiger partial charge in [-0.2, -0.15) is 0 Å². The Morgan fingerprint density at radius 3 is 2.56 bits per heavy atom. The molecule has 0 radical (unpaired) electrons. The topological polar surface area (TPSA) is 78.3 Å². The van der Waals surface area contributed by atoms with Crippen LogP contribution in [-0.2, 0) is 11.4 Å². The fourth-order valence-electron chi connectivity index (χ4n) is 2.97. The van der Waals surface area contributed by atoms with Gasteiger partial charge in [0.2, 0.25) is 5.91 Å². The number of halogens is 1. The molecule has 0 atom stereocenters. The van der Waals surface area contributed by atoms with E-state index in [9.17, 15) is 9.18 Å². The largest absolute Gasteiger partial charge is 0.497 e. The van der Waals surface area contributed by atoms with Gasteiger partial charge in [-0.05, 0) is 42.8 Å². The van der Waals surface area contributed by atoms with Crippen LogP contribution in [0.2, 0.25) is 0 Å². The summed E-state index contributed by atoms with van der Waals surface area (Å²) >= 11 is 1.21. The molecule has 9 heteroatoms. The van der Waals surface area contributed by atoms with Gasteiger partial charge in [-0.1, -0.05) is 43.7 Å². The maximum Gasteiger partial charge on any atom is 0.230 e. The van der Waals surface area contributed by atoms with Gasteiger partial charge in [-0.15, -0.1) is 10.2 Å². The SMILES string of the molecule is CCCCCNC(=O)CSc1nnc(COc2ccc(OC)cc2)n1-c1ccccc1F. The average molecular weight is 459 g/mol. The molecule has 1 N–H and O–H groups in total. The lowest BCUT2D eigenvalue weighted by molar-refractivity contribution is -0.118. The molecule has 0 saturated heterocycles. The van der Waals surface area contributed by atoms with Gasteiger partial charge in [0.05, 0.1) is 18.6 Å². The predicted octanol–water partition coefficient (Wildman–Crippen LogP) is 4.39. The van der Waals surface area contributed by atoms with E-state index in [0.29, 0.717) is 29.0 Å². The first kappa shape index (κ1) is 23.6. The highest BCUT2D eigenvalue weighted by Gasteiger charge is 2.18. The summed E-state index contributed by atoms with van der Waals surface area (Å²) in [5, 5.41) is 11.7. The Morgan fingerprint density at radius 1 is 1.09 bits per heavy atom. The summed E-state index contributed by atoms with van der Waals surface area (Å²) in [5.41, 5.74) is 0.302. The second-order valence-electron chi connectivity index (χ2n) is 7.00. The second-order valence-corrected chi connectivity index (χ2v) is 7.94. The van der Waals surface area contributed by atoms with Crippen LogP contribution in [0.15, 0.2) is 53.7 Å². The summed E-state index contributed by atoms with van der Waals surface area (Å²) in [6.45, 7) is 2.84. The Labute approximate surface area is 191 Å². The van der Waals surface area contributed by atoms with E-state index in [4.69, 9.17) is 9.47 Å². The van der Waals surface area contributed by atoms with Crippen LogP contribution in [0.4, 0.5) is 4.39 Å². The van der Waals surface area contributed by atoms with Crippen molar-refractivity contribution in [1.29, 1.82) is 0 Å². The number of benzene rings is 2.